The highest BCUT2D eigenvalue weighted by Crippen LogP contribution is 2.38. The molecule has 1 N–H and O–H groups in total. The Morgan fingerprint density at radius 3 is 2.50 bits per heavy atom. The minimum absolute atomic E-state index is 0.0939. The highest BCUT2D eigenvalue weighted by molar-refractivity contribution is 5.20. The Morgan fingerprint density at radius 2 is 2.14 bits per heavy atom. The maximum Gasteiger partial charge on any atom is 0.419 e. The summed E-state index contributed by atoms with van der Waals surface area (Å²) >= 11 is 0. The van der Waals surface area contributed by atoms with Crippen LogP contribution in [0.5, 0.6) is 0 Å². The van der Waals surface area contributed by atoms with Crippen LogP contribution in [0.15, 0.2) is 6.20 Å². The van der Waals surface area contributed by atoms with Crippen molar-refractivity contribution in [3.8, 4) is 0 Å². The maximum atomic E-state index is 12.4. The Bertz CT molecular complexity index is 341. The lowest BCUT2D eigenvalue weighted by molar-refractivity contribution is -0.138. The Kier molecular flexibility index (Phi) is 2.02. The third-order valence-corrected chi connectivity index (χ3v) is 2.18. The molecule has 3 nitrogen and oxygen atoms in total. The minimum atomic E-state index is -4.43. The molecule has 0 atom stereocenters. The highest BCUT2D eigenvalue weighted by Gasteiger charge is 2.37. The largest absolute Gasteiger partial charge is 0.419 e. The summed E-state index contributed by atoms with van der Waals surface area (Å²) in [5.74, 6) is 0. The van der Waals surface area contributed by atoms with Crippen LogP contribution in [0.2, 0.25) is 0 Å². The molecule has 1 aliphatic rings. The lowest BCUT2D eigenvalue weighted by Gasteiger charge is -2.03. The second kappa shape index (κ2) is 2.98. The van der Waals surface area contributed by atoms with Crippen LogP contribution in [0, 0.1) is 0 Å². The van der Waals surface area contributed by atoms with Crippen LogP contribution >= 0.6 is 0 Å². The van der Waals surface area contributed by atoms with E-state index in [9.17, 15) is 13.2 Å². The zero-order valence-electron chi connectivity index (χ0n) is 7.25. The van der Waals surface area contributed by atoms with Crippen molar-refractivity contribution in [3.63, 3.8) is 0 Å². The molecule has 2 rings (SSSR count). The first kappa shape index (κ1) is 9.51. The van der Waals surface area contributed by atoms with E-state index in [1.165, 1.54) is 4.68 Å². The second-order valence-corrected chi connectivity index (χ2v) is 3.36. The van der Waals surface area contributed by atoms with Gasteiger partial charge in [0.15, 0.2) is 0 Å². The van der Waals surface area contributed by atoms with Gasteiger partial charge in [-0.1, -0.05) is 0 Å². The van der Waals surface area contributed by atoms with Crippen molar-refractivity contribution in [1.82, 2.24) is 9.78 Å². The maximum absolute atomic E-state index is 12.4. The fraction of sp³-hybridized carbons (Fsp3) is 0.625. The third-order valence-electron chi connectivity index (χ3n) is 2.18. The molecule has 0 radical (unpaired) electrons. The molecule has 1 aliphatic carbocycles. The number of hydrogen-bond donors (Lipinski definition) is 1. The molecule has 0 spiro atoms. The van der Waals surface area contributed by atoms with E-state index in [0.717, 1.165) is 19.0 Å². The average molecular weight is 206 g/mol. The van der Waals surface area contributed by atoms with E-state index >= 15 is 0 Å². The van der Waals surface area contributed by atoms with Crippen molar-refractivity contribution >= 4 is 0 Å². The topological polar surface area (TPSA) is 38.1 Å². The lowest BCUT2D eigenvalue weighted by atomic mass is 10.2. The van der Waals surface area contributed by atoms with Crippen molar-refractivity contribution in [1.29, 1.82) is 0 Å². The van der Waals surface area contributed by atoms with Gasteiger partial charge in [-0.2, -0.15) is 18.3 Å². The molecule has 1 saturated carbocycles. The summed E-state index contributed by atoms with van der Waals surface area (Å²) in [6, 6.07) is 0.0939. The number of rotatable bonds is 2. The highest BCUT2D eigenvalue weighted by atomic mass is 19.4. The number of aromatic nitrogens is 2. The van der Waals surface area contributed by atoms with Gasteiger partial charge in [0, 0.05) is 6.20 Å². The standard InChI is InChI=1S/C8H9F3N2O/c9-8(10,11)6-3-13(5-1-2-5)12-7(6)4-14/h3,5,14H,1-2,4H2. The van der Waals surface area contributed by atoms with Crippen LogP contribution in [-0.4, -0.2) is 14.9 Å². The van der Waals surface area contributed by atoms with E-state index in [2.05, 4.69) is 5.10 Å². The summed E-state index contributed by atoms with van der Waals surface area (Å²) in [7, 11) is 0. The summed E-state index contributed by atoms with van der Waals surface area (Å²) in [4.78, 5) is 0. The van der Waals surface area contributed by atoms with Crippen molar-refractivity contribution in [2.75, 3.05) is 0 Å². The monoisotopic (exact) mass is 206 g/mol. The number of hydrogen-bond acceptors (Lipinski definition) is 2. The third kappa shape index (κ3) is 1.61. The van der Waals surface area contributed by atoms with Gasteiger partial charge in [-0.05, 0) is 12.8 Å². The van der Waals surface area contributed by atoms with Gasteiger partial charge in [0.25, 0.3) is 0 Å². The first-order valence-electron chi connectivity index (χ1n) is 4.28. The van der Waals surface area contributed by atoms with Crippen LogP contribution in [0.4, 0.5) is 13.2 Å². The Labute approximate surface area is 78.1 Å². The van der Waals surface area contributed by atoms with Crippen LogP contribution in [0.1, 0.15) is 30.1 Å². The average Bonchev–Trinajstić information content (AvgIpc) is 2.83. The Hall–Kier alpha value is -1.04. The molecule has 0 unspecified atom stereocenters. The van der Waals surface area contributed by atoms with Crippen molar-refractivity contribution in [2.24, 2.45) is 0 Å². The van der Waals surface area contributed by atoms with Gasteiger partial charge in [0.1, 0.15) is 5.69 Å². The molecule has 14 heavy (non-hydrogen) atoms. The zero-order valence-corrected chi connectivity index (χ0v) is 7.25. The SMILES string of the molecule is OCc1nn(C2CC2)cc1C(F)(F)F. The Balaban J connectivity index is 2.37. The summed E-state index contributed by atoms with van der Waals surface area (Å²) < 4.78 is 38.4. The van der Waals surface area contributed by atoms with Crippen molar-refractivity contribution in [3.05, 3.63) is 17.5 Å². The number of aliphatic hydroxyl groups is 1. The second-order valence-electron chi connectivity index (χ2n) is 3.36. The number of halogens is 3. The van der Waals surface area contributed by atoms with Crippen molar-refractivity contribution < 1.29 is 18.3 Å². The molecule has 1 aromatic heterocycles. The van der Waals surface area contributed by atoms with E-state index in [1.807, 2.05) is 0 Å². The molecule has 0 amide bonds. The van der Waals surface area contributed by atoms with Crippen LogP contribution < -0.4 is 0 Å². The zero-order chi connectivity index (χ0) is 10.3. The van der Waals surface area contributed by atoms with E-state index in [-0.39, 0.29) is 11.7 Å². The van der Waals surface area contributed by atoms with E-state index < -0.39 is 18.3 Å². The van der Waals surface area contributed by atoms with Gasteiger partial charge in [-0.15, -0.1) is 0 Å². The molecule has 0 aromatic carbocycles. The quantitative estimate of drug-likeness (QED) is 0.800. The van der Waals surface area contributed by atoms with Gasteiger partial charge in [-0.3, -0.25) is 4.68 Å². The first-order chi connectivity index (χ1) is 6.52. The summed E-state index contributed by atoms with van der Waals surface area (Å²) in [5, 5.41) is 12.4. The molecular formula is C8H9F3N2O. The van der Waals surface area contributed by atoms with E-state index in [1.54, 1.807) is 0 Å². The molecule has 1 heterocycles. The molecule has 0 aliphatic heterocycles. The molecule has 0 saturated heterocycles. The molecule has 0 bridgehead atoms. The first-order valence-corrected chi connectivity index (χ1v) is 4.28. The van der Waals surface area contributed by atoms with E-state index in [0.29, 0.717) is 0 Å². The van der Waals surface area contributed by atoms with Gasteiger partial charge in [0.05, 0.1) is 18.2 Å². The normalized spacial score (nSPS) is 17.4. The molecule has 6 heteroatoms. The van der Waals surface area contributed by atoms with Crippen LogP contribution in [-0.2, 0) is 12.8 Å². The predicted octanol–water partition coefficient (Wildman–Crippen LogP) is 1.73. The van der Waals surface area contributed by atoms with E-state index in [4.69, 9.17) is 5.11 Å². The van der Waals surface area contributed by atoms with Gasteiger partial charge in [-0.25, -0.2) is 0 Å². The smallest absolute Gasteiger partial charge is 0.390 e. The van der Waals surface area contributed by atoms with Crippen molar-refractivity contribution in [2.45, 2.75) is 31.7 Å². The van der Waals surface area contributed by atoms with Gasteiger partial charge in [0.2, 0.25) is 0 Å². The number of aliphatic hydroxyl groups excluding tert-OH is 1. The molecule has 1 fully saturated rings. The summed E-state index contributed by atoms with van der Waals surface area (Å²) in [6.45, 7) is -0.672. The fourth-order valence-corrected chi connectivity index (χ4v) is 1.31. The molecular weight excluding hydrogens is 197 g/mol. The summed E-state index contributed by atoms with van der Waals surface area (Å²) in [5.41, 5.74) is -1.11. The van der Waals surface area contributed by atoms with Crippen LogP contribution in [0.25, 0.3) is 0 Å². The summed E-state index contributed by atoms with van der Waals surface area (Å²) in [6.07, 6.45) is -1.72. The molecule has 78 valence electrons. The minimum Gasteiger partial charge on any atom is -0.390 e. The fourth-order valence-electron chi connectivity index (χ4n) is 1.31. The number of alkyl halides is 3. The van der Waals surface area contributed by atoms with Gasteiger partial charge < -0.3 is 5.11 Å². The Morgan fingerprint density at radius 1 is 1.50 bits per heavy atom. The van der Waals surface area contributed by atoms with Crippen LogP contribution in [0.3, 0.4) is 0 Å². The molecule has 1 aromatic rings. The number of nitrogens with zero attached hydrogens (tertiary/aromatic N) is 2. The predicted molar refractivity (Wildman–Crippen MR) is 41.4 cm³/mol. The van der Waals surface area contributed by atoms with Gasteiger partial charge >= 0.3 is 6.18 Å². The lowest BCUT2D eigenvalue weighted by Crippen LogP contribution is -2.06.